The van der Waals surface area contributed by atoms with Gasteiger partial charge in [-0.05, 0) is 12.8 Å². The standard InChI is InChI=1S/C11H15F3N2O5/c12-11(13,14)20-5-7(17)8(21-10(15)19)4-6-2-1-3-16-9(6)18/h6,8H,1-5H2,(H2,15,19)(H,16,18)/t6-,8-/m0/s1. The molecule has 2 amide bonds. The van der Waals surface area contributed by atoms with Gasteiger partial charge in [-0.3, -0.25) is 14.3 Å². The third-order valence-corrected chi connectivity index (χ3v) is 2.89. The number of primary amides is 1. The van der Waals surface area contributed by atoms with Crippen molar-refractivity contribution in [2.24, 2.45) is 11.7 Å². The van der Waals surface area contributed by atoms with Gasteiger partial charge in [0.05, 0.1) is 0 Å². The van der Waals surface area contributed by atoms with Crippen LogP contribution in [-0.4, -0.2) is 43.4 Å². The second kappa shape index (κ2) is 7.25. The number of hydrogen-bond acceptors (Lipinski definition) is 5. The van der Waals surface area contributed by atoms with Crippen LogP contribution < -0.4 is 11.1 Å². The molecule has 0 aliphatic carbocycles. The number of rotatable bonds is 6. The average Bonchev–Trinajstić information content (AvgIpc) is 2.36. The quantitative estimate of drug-likeness (QED) is 0.741. The molecule has 1 heterocycles. The molecule has 2 atom stereocenters. The Kier molecular flexibility index (Phi) is 5.94. The van der Waals surface area contributed by atoms with Crippen molar-refractivity contribution in [3.63, 3.8) is 0 Å². The Hall–Kier alpha value is -1.84. The van der Waals surface area contributed by atoms with Crippen molar-refractivity contribution in [3.05, 3.63) is 0 Å². The van der Waals surface area contributed by atoms with Gasteiger partial charge in [-0.2, -0.15) is 0 Å². The van der Waals surface area contributed by atoms with E-state index in [4.69, 9.17) is 5.73 Å². The summed E-state index contributed by atoms with van der Waals surface area (Å²) in [5.41, 5.74) is 4.78. The van der Waals surface area contributed by atoms with Crippen molar-refractivity contribution in [1.82, 2.24) is 5.32 Å². The topological polar surface area (TPSA) is 108 Å². The number of ether oxygens (including phenoxy) is 2. The molecular formula is C11H15F3N2O5. The van der Waals surface area contributed by atoms with E-state index in [1.54, 1.807) is 0 Å². The van der Waals surface area contributed by atoms with Crippen molar-refractivity contribution >= 4 is 17.8 Å². The second-order valence-corrected chi connectivity index (χ2v) is 4.49. The first-order valence-electron chi connectivity index (χ1n) is 6.16. The van der Waals surface area contributed by atoms with Crippen LogP contribution >= 0.6 is 0 Å². The highest BCUT2D eigenvalue weighted by atomic mass is 19.4. The molecule has 1 aliphatic rings. The molecule has 1 saturated heterocycles. The number of piperidine rings is 1. The summed E-state index contributed by atoms with van der Waals surface area (Å²) < 4.78 is 43.6. The van der Waals surface area contributed by atoms with Crippen LogP contribution in [0.3, 0.4) is 0 Å². The maximum atomic E-state index is 11.9. The molecule has 1 aliphatic heterocycles. The number of ketones is 1. The van der Waals surface area contributed by atoms with Crippen molar-refractivity contribution in [2.45, 2.75) is 31.7 Å². The lowest BCUT2D eigenvalue weighted by Gasteiger charge is -2.25. The molecule has 0 radical (unpaired) electrons. The predicted molar refractivity (Wildman–Crippen MR) is 61.8 cm³/mol. The molecule has 1 rings (SSSR count). The summed E-state index contributed by atoms with van der Waals surface area (Å²) in [7, 11) is 0. The number of hydrogen-bond donors (Lipinski definition) is 2. The van der Waals surface area contributed by atoms with Gasteiger partial charge in [0.25, 0.3) is 0 Å². The third kappa shape index (κ3) is 6.43. The zero-order valence-electron chi connectivity index (χ0n) is 10.9. The van der Waals surface area contributed by atoms with Crippen LogP contribution in [0.1, 0.15) is 19.3 Å². The summed E-state index contributed by atoms with van der Waals surface area (Å²) in [4.78, 5) is 33.9. The normalized spacial score (nSPS) is 20.5. The van der Waals surface area contributed by atoms with Crippen molar-refractivity contribution in [2.75, 3.05) is 13.2 Å². The van der Waals surface area contributed by atoms with Gasteiger partial charge in [-0.1, -0.05) is 0 Å². The Balaban J connectivity index is 2.63. The van der Waals surface area contributed by atoms with E-state index < -0.39 is 36.9 Å². The molecule has 0 spiro atoms. The minimum absolute atomic E-state index is 0.227. The van der Waals surface area contributed by atoms with Gasteiger partial charge in [0.2, 0.25) is 5.91 Å². The molecule has 10 heteroatoms. The Bertz CT molecular complexity index is 413. The van der Waals surface area contributed by atoms with Crippen LogP contribution in [0.2, 0.25) is 0 Å². The summed E-state index contributed by atoms with van der Waals surface area (Å²) >= 11 is 0. The number of halogens is 3. The zero-order valence-corrected chi connectivity index (χ0v) is 10.9. The first-order chi connectivity index (χ1) is 9.69. The fourth-order valence-corrected chi connectivity index (χ4v) is 1.95. The first-order valence-corrected chi connectivity index (χ1v) is 6.16. The molecule has 7 nitrogen and oxygen atoms in total. The number of alkyl halides is 3. The summed E-state index contributed by atoms with van der Waals surface area (Å²) in [6, 6.07) is 0. The van der Waals surface area contributed by atoms with Crippen molar-refractivity contribution in [1.29, 1.82) is 0 Å². The minimum atomic E-state index is -4.98. The van der Waals surface area contributed by atoms with Crippen LogP contribution in [-0.2, 0) is 19.1 Å². The number of nitrogens with one attached hydrogen (secondary N) is 1. The van der Waals surface area contributed by atoms with E-state index in [-0.39, 0.29) is 12.3 Å². The average molecular weight is 312 g/mol. The third-order valence-electron chi connectivity index (χ3n) is 2.89. The fraction of sp³-hybridized carbons (Fsp3) is 0.727. The number of carbonyl (C=O) groups excluding carboxylic acids is 3. The Morgan fingerprint density at radius 3 is 2.62 bits per heavy atom. The lowest BCUT2D eigenvalue weighted by atomic mass is 9.91. The lowest BCUT2D eigenvalue weighted by molar-refractivity contribution is -0.321. The number of carbonyl (C=O) groups is 3. The highest BCUT2D eigenvalue weighted by Gasteiger charge is 2.35. The van der Waals surface area contributed by atoms with E-state index in [0.29, 0.717) is 19.4 Å². The van der Waals surface area contributed by atoms with Gasteiger partial charge < -0.3 is 15.8 Å². The van der Waals surface area contributed by atoms with E-state index in [1.165, 1.54) is 0 Å². The SMILES string of the molecule is NC(=O)O[C@@H](C[C@@H]1CCCNC1=O)C(=O)COC(F)(F)F. The molecule has 3 N–H and O–H groups in total. The molecule has 0 aromatic carbocycles. The van der Waals surface area contributed by atoms with Gasteiger partial charge in [-0.25, -0.2) is 4.79 Å². The Morgan fingerprint density at radius 1 is 1.43 bits per heavy atom. The van der Waals surface area contributed by atoms with Crippen LogP contribution in [0.15, 0.2) is 0 Å². The highest BCUT2D eigenvalue weighted by Crippen LogP contribution is 2.21. The van der Waals surface area contributed by atoms with Gasteiger partial charge in [0.15, 0.2) is 11.9 Å². The molecule has 0 aromatic rings. The lowest BCUT2D eigenvalue weighted by Crippen LogP contribution is -2.42. The monoisotopic (exact) mass is 312 g/mol. The summed E-state index contributed by atoms with van der Waals surface area (Å²) in [6.07, 6.45) is -6.95. The number of amides is 2. The highest BCUT2D eigenvalue weighted by molar-refractivity contribution is 5.87. The Morgan fingerprint density at radius 2 is 2.10 bits per heavy atom. The molecule has 0 unspecified atom stereocenters. The molecule has 120 valence electrons. The van der Waals surface area contributed by atoms with E-state index in [9.17, 15) is 27.6 Å². The smallest absolute Gasteiger partial charge is 0.438 e. The first kappa shape index (κ1) is 17.2. The molecule has 1 fully saturated rings. The van der Waals surface area contributed by atoms with Gasteiger partial charge in [0, 0.05) is 18.9 Å². The molecule has 0 aromatic heterocycles. The van der Waals surface area contributed by atoms with E-state index >= 15 is 0 Å². The minimum Gasteiger partial charge on any atom is -0.438 e. The zero-order chi connectivity index (χ0) is 16.0. The van der Waals surface area contributed by atoms with E-state index in [1.807, 2.05) is 0 Å². The van der Waals surface area contributed by atoms with Gasteiger partial charge >= 0.3 is 12.5 Å². The van der Waals surface area contributed by atoms with Crippen molar-refractivity contribution < 1.29 is 37.0 Å². The number of Topliss-reactive ketones (excluding diaryl/α,β-unsaturated/α-hetero) is 1. The van der Waals surface area contributed by atoms with E-state index in [2.05, 4.69) is 14.8 Å². The van der Waals surface area contributed by atoms with Crippen molar-refractivity contribution in [3.8, 4) is 0 Å². The van der Waals surface area contributed by atoms with Crippen LogP contribution in [0.25, 0.3) is 0 Å². The largest absolute Gasteiger partial charge is 0.522 e. The Labute approximate surface area is 117 Å². The molecule has 21 heavy (non-hydrogen) atoms. The summed E-state index contributed by atoms with van der Waals surface area (Å²) in [6.45, 7) is -0.822. The van der Waals surface area contributed by atoms with E-state index in [0.717, 1.165) is 0 Å². The number of nitrogens with two attached hydrogens (primary N) is 1. The maximum Gasteiger partial charge on any atom is 0.522 e. The van der Waals surface area contributed by atoms with Crippen LogP contribution in [0.4, 0.5) is 18.0 Å². The fourth-order valence-electron chi connectivity index (χ4n) is 1.95. The van der Waals surface area contributed by atoms with Gasteiger partial charge in [-0.15, -0.1) is 13.2 Å². The summed E-state index contributed by atoms with van der Waals surface area (Å²) in [5, 5.41) is 2.55. The molecule has 0 bridgehead atoms. The van der Waals surface area contributed by atoms with Crippen LogP contribution in [0.5, 0.6) is 0 Å². The summed E-state index contributed by atoms with van der Waals surface area (Å²) in [5.74, 6) is -2.08. The van der Waals surface area contributed by atoms with Crippen LogP contribution in [0, 0.1) is 5.92 Å². The molecular weight excluding hydrogens is 297 g/mol. The second-order valence-electron chi connectivity index (χ2n) is 4.49. The van der Waals surface area contributed by atoms with Gasteiger partial charge in [0.1, 0.15) is 6.61 Å². The maximum absolute atomic E-state index is 11.9. The molecule has 0 saturated carbocycles. The predicted octanol–water partition coefficient (Wildman–Crippen LogP) is 0.472.